The Morgan fingerprint density at radius 2 is 1.89 bits per heavy atom. The van der Waals surface area contributed by atoms with Crippen molar-refractivity contribution in [2.45, 2.75) is 25.3 Å². The molecule has 19 heavy (non-hydrogen) atoms. The summed E-state index contributed by atoms with van der Waals surface area (Å²) in [6, 6.07) is 9.02. The van der Waals surface area contributed by atoms with Crippen LogP contribution in [0.1, 0.15) is 25.3 Å². The van der Waals surface area contributed by atoms with Gasteiger partial charge in [-0.3, -0.25) is 9.59 Å². The Bertz CT molecular complexity index is 434. The first-order valence-electron chi connectivity index (χ1n) is 6.31. The van der Waals surface area contributed by atoms with Gasteiger partial charge in [-0.1, -0.05) is 30.3 Å². The van der Waals surface area contributed by atoms with Gasteiger partial charge in [-0.15, -0.1) is 0 Å². The molecule has 0 saturated heterocycles. The van der Waals surface area contributed by atoms with Crippen molar-refractivity contribution in [1.82, 2.24) is 10.6 Å². The zero-order chi connectivity index (χ0) is 14.3. The Labute approximate surface area is 113 Å². The molecule has 5 nitrogen and oxygen atoms in total. The van der Waals surface area contributed by atoms with Gasteiger partial charge in [0.2, 0.25) is 11.8 Å². The zero-order valence-electron chi connectivity index (χ0n) is 11.4. The van der Waals surface area contributed by atoms with E-state index >= 15 is 0 Å². The molecule has 1 atom stereocenters. The molecule has 0 aliphatic rings. The molecule has 1 aromatic rings. The molecule has 0 bridgehead atoms. The lowest BCUT2D eigenvalue weighted by molar-refractivity contribution is -0.131. The van der Waals surface area contributed by atoms with Crippen molar-refractivity contribution in [3.8, 4) is 0 Å². The molecule has 5 heteroatoms. The van der Waals surface area contributed by atoms with Crippen molar-refractivity contribution in [2.75, 3.05) is 13.6 Å². The smallest absolute Gasteiger partial charge is 0.247 e. The highest BCUT2D eigenvalue weighted by molar-refractivity contribution is 5.91. The van der Waals surface area contributed by atoms with Crippen molar-refractivity contribution in [1.29, 1.82) is 0 Å². The summed E-state index contributed by atoms with van der Waals surface area (Å²) in [7, 11) is 1.83. The summed E-state index contributed by atoms with van der Waals surface area (Å²) in [5.41, 5.74) is 4.96. The van der Waals surface area contributed by atoms with Gasteiger partial charge in [0.15, 0.2) is 0 Å². The molecule has 1 unspecified atom stereocenters. The third-order valence-electron chi connectivity index (χ3n) is 3.06. The van der Waals surface area contributed by atoms with Crippen molar-refractivity contribution in [3.63, 3.8) is 0 Å². The van der Waals surface area contributed by atoms with Crippen molar-refractivity contribution >= 4 is 11.8 Å². The Morgan fingerprint density at radius 1 is 1.26 bits per heavy atom. The average molecular weight is 263 g/mol. The maximum Gasteiger partial charge on any atom is 0.247 e. The second-order valence-corrected chi connectivity index (χ2v) is 4.61. The Hall–Kier alpha value is -1.88. The molecule has 2 amide bonds. The predicted octanol–water partition coefficient (Wildman–Crippen LogP) is 0.503. The highest BCUT2D eigenvalue weighted by Crippen LogP contribution is 2.20. The summed E-state index contributed by atoms with van der Waals surface area (Å²) in [6.45, 7) is 2.38. The maximum atomic E-state index is 11.9. The maximum absolute atomic E-state index is 11.9. The topological polar surface area (TPSA) is 84.2 Å². The molecule has 0 spiro atoms. The third kappa shape index (κ3) is 4.06. The second kappa shape index (κ2) is 6.89. The number of nitrogens with two attached hydrogens (primary N) is 1. The van der Waals surface area contributed by atoms with E-state index in [9.17, 15) is 9.59 Å². The average Bonchev–Trinajstić information content (AvgIpc) is 2.39. The fourth-order valence-electron chi connectivity index (χ4n) is 1.81. The van der Waals surface area contributed by atoms with E-state index in [0.29, 0.717) is 18.4 Å². The summed E-state index contributed by atoms with van der Waals surface area (Å²) in [5, 5.41) is 5.70. The van der Waals surface area contributed by atoms with E-state index in [1.54, 1.807) is 19.1 Å². The van der Waals surface area contributed by atoms with E-state index < -0.39 is 11.4 Å². The molecule has 0 aliphatic heterocycles. The fraction of sp³-hybridized carbons (Fsp3) is 0.429. The van der Waals surface area contributed by atoms with Gasteiger partial charge in [-0.2, -0.15) is 0 Å². The van der Waals surface area contributed by atoms with E-state index in [1.165, 1.54) is 0 Å². The summed E-state index contributed by atoms with van der Waals surface area (Å²) in [6.07, 6.45) is 1.07. The normalized spacial score (nSPS) is 13.6. The molecule has 0 radical (unpaired) electrons. The lowest BCUT2D eigenvalue weighted by Gasteiger charge is -2.28. The highest BCUT2D eigenvalue weighted by Gasteiger charge is 2.34. The number of hydrogen-bond acceptors (Lipinski definition) is 3. The van der Waals surface area contributed by atoms with Crippen LogP contribution in [0.4, 0.5) is 0 Å². The lowest BCUT2D eigenvalue weighted by Crippen LogP contribution is -2.52. The number of carbonyl (C=O) groups excluding carboxylic acids is 2. The van der Waals surface area contributed by atoms with Crippen LogP contribution >= 0.6 is 0 Å². The van der Waals surface area contributed by atoms with Crippen LogP contribution in [0.15, 0.2) is 30.3 Å². The number of benzene rings is 1. The Morgan fingerprint density at radius 3 is 2.42 bits per heavy atom. The minimum atomic E-state index is -1.17. The summed E-state index contributed by atoms with van der Waals surface area (Å²) in [4.78, 5) is 23.5. The van der Waals surface area contributed by atoms with Crippen molar-refractivity contribution in [2.24, 2.45) is 5.73 Å². The Kier molecular flexibility index (Phi) is 5.51. The van der Waals surface area contributed by atoms with Gasteiger partial charge in [0.05, 0.1) is 0 Å². The van der Waals surface area contributed by atoms with Gasteiger partial charge in [0.1, 0.15) is 5.54 Å². The summed E-state index contributed by atoms with van der Waals surface area (Å²) >= 11 is 0. The first-order valence-corrected chi connectivity index (χ1v) is 6.31. The van der Waals surface area contributed by atoms with Crippen LogP contribution in [0.2, 0.25) is 0 Å². The van der Waals surface area contributed by atoms with Gasteiger partial charge in [-0.05, 0) is 32.5 Å². The molecule has 0 fully saturated rings. The monoisotopic (exact) mass is 263 g/mol. The van der Waals surface area contributed by atoms with Crippen LogP contribution in [0.3, 0.4) is 0 Å². The van der Waals surface area contributed by atoms with Gasteiger partial charge in [0.25, 0.3) is 0 Å². The minimum Gasteiger partial charge on any atom is -0.367 e. The van der Waals surface area contributed by atoms with Gasteiger partial charge < -0.3 is 16.4 Å². The molecule has 0 saturated carbocycles. The number of carbonyl (C=O) groups is 2. The largest absolute Gasteiger partial charge is 0.367 e. The van der Waals surface area contributed by atoms with Crippen LogP contribution in [-0.4, -0.2) is 25.4 Å². The van der Waals surface area contributed by atoms with Crippen molar-refractivity contribution < 1.29 is 9.59 Å². The SMILES string of the molecule is CNCCCC(=O)NC(C)(C(N)=O)c1ccccc1. The molecular formula is C14H21N3O2. The van der Waals surface area contributed by atoms with E-state index in [1.807, 2.05) is 25.2 Å². The number of primary amides is 1. The minimum absolute atomic E-state index is 0.180. The first kappa shape index (κ1) is 15.2. The quantitative estimate of drug-likeness (QED) is 0.626. The summed E-state index contributed by atoms with van der Waals surface area (Å²) < 4.78 is 0. The molecule has 104 valence electrons. The zero-order valence-corrected chi connectivity index (χ0v) is 11.4. The van der Waals surface area contributed by atoms with Crippen LogP contribution in [0.25, 0.3) is 0 Å². The van der Waals surface area contributed by atoms with E-state index in [2.05, 4.69) is 10.6 Å². The molecule has 1 aromatic carbocycles. The molecule has 0 aromatic heterocycles. The van der Waals surface area contributed by atoms with E-state index in [0.717, 1.165) is 6.54 Å². The van der Waals surface area contributed by atoms with Gasteiger partial charge >= 0.3 is 0 Å². The van der Waals surface area contributed by atoms with E-state index in [4.69, 9.17) is 5.73 Å². The van der Waals surface area contributed by atoms with E-state index in [-0.39, 0.29) is 5.91 Å². The molecular weight excluding hydrogens is 242 g/mol. The van der Waals surface area contributed by atoms with Crippen molar-refractivity contribution in [3.05, 3.63) is 35.9 Å². The van der Waals surface area contributed by atoms with Crippen LogP contribution < -0.4 is 16.4 Å². The van der Waals surface area contributed by atoms with Crippen LogP contribution in [0, 0.1) is 0 Å². The fourth-order valence-corrected chi connectivity index (χ4v) is 1.81. The number of rotatable bonds is 7. The molecule has 4 N–H and O–H groups in total. The summed E-state index contributed by atoms with van der Waals surface area (Å²) in [5.74, 6) is -0.749. The standard InChI is InChI=1S/C14H21N3O2/c1-14(13(15)19,11-7-4-3-5-8-11)17-12(18)9-6-10-16-2/h3-5,7-8,16H,6,9-10H2,1-2H3,(H2,15,19)(H,17,18). The van der Waals surface area contributed by atoms with Gasteiger partial charge in [0, 0.05) is 6.42 Å². The Balaban J connectivity index is 2.78. The first-order chi connectivity index (χ1) is 9.00. The van der Waals surface area contributed by atoms with Crippen LogP contribution in [0.5, 0.6) is 0 Å². The van der Waals surface area contributed by atoms with Crippen LogP contribution in [-0.2, 0) is 15.1 Å². The number of amides is 2. The third-order valence-corrected chi connectivity index (χ3v) is 3.06. The molecule has 0 heterocycles. The molecule has 1 rings (SSSR count). The highest BCUT2D eigenvalue weighted by atomic mass is 16.2. The lowest BCUT2D eigenvalue weighted by atomic mass is 9.91. The second-order valence-electron chi connectivity index (χ2n) is 4.61. The predicted molar refractivity (Wildman–Crippen MR) is 74.3 cm³/mol. The van der Waals surface area contributed by atoms with Gasteiger partial charge in [-0.25, -0.2) is 0 Å². The number of hydrogen-bond donors (Lipinski definition) is 3. The molecule has 0 aliphatic carbocycles. The number of nitrogens with one attached hydrogen (secondary N) is 2.